The minimum Gasteiger partial charge on any atom is -0.307 e. The molecule has 5 heteroatoms. The molecule has 14 aromatic rings. The Labute approximate surface area is 428 Å². The molecule has 0 atom stereocenters. The number of fused-ring (bicyclic) bond motifs is 7. The minimum absolute atomic E-state index is 0.528. The van der Waals surface area contributed by atoms with Crippen molar-refractivity contribution in [2.75, 3.05) is 0 Å². The van der Waals surface area contributed by atoms with Gasteiger partial charge in [0.05, 0.1) is 22.1 Å². The zero-order valence-electron chi connectivity index (χ0n) is 40.2. The first-order valence-corrected chi connectivity index (χ1v) is 25.1. The normalized spacial score (nSPS) is 11.5. The van der Waals surface area contributed by atoms with Gasteiger partial charge in [-0.1, -0.05) is 237 Å². The van der Waals surface area contributed by atoms with Crippen molar-refractivity contribution in [3.63, 3.8) is 0 Å². The fourth-order valence-electron chi connectivity index (χ4n) is 11.0. The maximum atomic E-state index is 5.59. The van der Waals surface area contributed by atoms with Gasteiger partial charge in [-0.2, -0.15) is 9.97 Å². The smallest absolute Gasteiger partial charge is 0.238 e. The van der Waals surface area contributed by atoms with E-state index in [2.05, 4.69) is 264 Å². The highest BCUT2D eigenvalue weighted by molar-refractivity contribution is 6.33. The molecule has 14 rings (SSSR count). The van der Waals surface area contributed by atoms with Crippen LogP contribution in [0.25, 0.3) is 134 Å². The highest BCUT2D eigenvalue weighted by atomic mass is 15.2. The summed E-state index contributed by atoms with van der Waals surface area (Å²) < 4.78 is 4.76. The number of aromatic nitrogens is 5. The van der Waals surface area contributed by atoms with E-state index in [-0.39, 0.29) is 0 Å². The maximum absolute atomic E-state index is 5.59. The fourth-order valence-corrected chi connectivity index (χ4v) is 11.0. The second-order valence-corrected chi connectivity index (χ2v) is 18.7. The Bertz CT molecular complexity index is 4370. The number of nitrogens with zero attached hydrogens (tertiary/aromatic N) is 5. The molecule has 11 aromatic carbocycles. The van der Waals surface area contributed by atoms with Crippen molar-refractivity contribution in [3.8, 4) is 90.0 Å². The van der Waals surface area contributed by atoms with E-state index in [1.54, 1.807) is 0 Å². The second-order valence-electron chi connectivity index (χ2n) is 18.7. The van der Waals surface area contributed by atoms with Crippen molar-refractivity contribution in [1.82, 2.24) is 24.1 Å². The molecular formula is C69H45N5. The molecule has 3 heterocycles. The summed E-state index contributed by atoms with van der Waals surface area (Å²) in [6.45, 7) is 0. The van der Waals surface area contributed by atoms with E-state index in [9.17, 15) is 0 Å². The first-order chi connectivity index (χ1) is 36.7. The zero-order valence-corrected chi connectivity index (χ0v) is 40.2. The van der Waals surface area contributed by atoms with Crippen LogP contribution >= 0.6 is 0 Å². The van der Waals surface area contributed by atoms with Gasteiger partial charge in [-0.3, -0.25) is 4.57 Å². The molecule has 3 aromatic heterocycles. The molecule has 0 radical (unpaired) electrons. The Kier molecular flexibility index (Phi) is 10.4. The number of para-hydroxylation sites is 3. The van der Waals surface area contributed by atoms with Crippen LogP contribution < -0.4 is 0 Å². The van der Waals surface area contributed by atoms with E-state index in [1.807, 2.05) is 18.2 Å². The lowest BCUT2D eigenvalue weighted by Gasteiger charge is -2.19. The average Bonchev–Trinajstić information content (AvgIpc) is 4.12. The molecule has 0 N–H and O–H groups in total. The van der Waals surface area contributed by atoms with Crippen molar-refractivity contribution in [1.29, 1.82) is 0 Å². The molecule has 346 valence electrons. The van der Waals surface area contributed by atoms with Crippen LogP contribution in [0, 0.1) is 0 Å². The fraction of sp³-hybridized carbons (Fsp3) is 0. The molecule has 0 amide bonds. The topological polar surface area (TPSA) is 48.5 Å². The van der Waals surface area contributed by atoms with E-state index in [1.165, 1.54) is 16.7 Å². The molecule has 74 heavy (non-hydrogen) atoms. The quantitative estimate of drug-likeness (QED) is 0.145. The lowest BCUT2D eigenvalue weighted by molar-refractivity contribution is 0.953. The number of hydrogen-bond acceptors (Lipinski definition) is 3. The molecule has 0 fully saturated rings. The van der Waals surface area contributed by atoms with Gasteiger partial charge in [0.2, 0.25) is 5.95 Å². The van der Waals surface area contributed by atoms with Gasteiger partial charge < -0.3 is 4.57 Å². The van der Waals surface area contributed by atoms with Crippen LogP contribution in [0.2, 0.25) is 0 Å². The molecule has 0 aliphatic carbocycles. The van der Waals surface area contributed by atoms with Crippen LogP contribution in [0.4, 0.5) is 0 Å². The highest BCUT2D eigenvalue weighted by Crippen LogP contribution is 2.52. The van der Waals surface area contributed by atoms with Crippen LogP contribution in [0.1, 0.15) is 0 Å². The molecule has 0 aliphatic rings. The van der Waals surface area contributed by atoms with Crippen LogP contribution in [0.15, 0.2) is 273 Å². The molecule has 0 bridgehead atoms. The summed E-state index contributed by atoms with van der Waals surface area (Å²) in [5.41, 5.74) is 18.4. The molecule has 0 aliphatic heterocycles. The average molecular weight is 944 g/mol. The summed E-state index contributed by atoms with van der Waals surface area (Å²) in [7, 11) is 0. The third kappa shape index (κ3) is 7.29. The minimum atomic E-state index is 0.528. The molecule has 0 saturated carbocycles. The zero-order chi connectivity index (χ0) is 49.0. The Hall–Kier alpha value is -9.97. The van der Waals surface area contributed by atoms with Gasteiger partial charge in [0.25, 0.3) is 0 Å². The number of benzene rings is 11. The van der Waals surface area contributed by atoms with Crippen LogP contribution in [0.3, 0.4) is 0 Å². The predicted octanol–water partition coefficient (Wildman–Crippen LogP) is 17.7. The summed E-state index contributed by atoms with van der Waals surface area (Å²) in [6, 6.07) is 97.2. The Balaban J connectivity index is 1.12. The van der Waals surface area contributed by atoms with E-state index in [4.69, 9.17) is 15.0 Å². The largest absolute Gasteiger partial charge is 0.307 e. The molecular weight excluding hydrogens is 899 g/mol. The predicted molar refractivity (Wildman–Crippen MR) is 307 cm³/mol. The summed E-state index contributed by atoms with van der Waals surface area (Å²) in [5, 5.41) is 4.51. The summed E-state index contributed by atoms with van der Waals surface area (Å²) in [5.74, 6) is 1.70. The SMILES string of the molecule is c1ccc(-c2ccc(-c3cccc(-c4nc(-c5ccccc5)nc(-n5c6ccccc6c6c(-c7cccc(-c8ccccc8)c7)c(-c7ccccc7)c7c8ccccc8n(-c8ccccc8)c7c65)n4)c3)cc2)cc1. The first-order valence-electron chi connectivity index (χ1n) is 25.1. The lowest BCUT2D eigenvalue weighted by atomic mass is 9.86. The van der Waals surface area contributed by atoms with E-state index in [0.29, 0.717) is 17.6 Å². The van der Waals surface area contributed by atoms with Crippen LogP contribution in [-0.2, 0) is 0 Å². The summed E-state index contributed by atoms with van der Waals surface area (Å²) >= 11 is 0. The van der Waals surface area contributed by atoms with Gasteiger partial charge in [0.1, 0.15) is 0 Å². The molecule has 0 saturated heterocycles. The summed E-state index contributed by atoms with van der Waals surface area (Å²) in [6.07, 6.45) is 0. The Morgan fingerprint density at radius 1 is 0.243 bits per heavy atom. The summed E-state index contributed by atoms with van der Waals surface area (Å²) in [4.78, 5) is 16.4. The standard InChI is InChI=1S/C69H45N5/c1-6-22-46(23-7-1)48-40-42-49(43-41-48)53-31-21-33-55(45-53)68-70-67(51-28-12-4-13-29-51)71-69(72-68)74-60-39-19-17-37-58(60)64-62(54-32-20-30-52(44-54)47-24-8-2-9-25-47)61(50-26-10-3-11-27-50)63-57-36-16-18-38-59(57)73(65(63)66(64)74)56-34-14-5-15-35-56/h1-45H. The van der Waals surface area contributed by atoms with Crippen LogP contribution in [0.5, 0.6) is 0 Å². The second kappa shape index (κ2) is 18.0. The number of rotatable bonds is 9. The Morgan fingerprint density at radius 2 is 0.608 bits per heavy atom. The van der Waals surface area contributed by atoms with Crippen molar-refractivity contribution < 1.29 is 0 Å². The lowest BCUT2D eigenvalue weighted by Crippen LogP contribution is -2.07. The molecule has 0 unspecified atom stereocenters. The highest BCUT2D eigenvalue weighted by Gasteiger charge is 2.30. The van der Waals surface area contributed by atoms with Gasteiger partial charge in [-0.25, -0.2) is 4.98 Å². The van der Waals surface area contributed by atoms with Crippen molar-refractivity contribution in [2.45, 2.75) is 0 Å². The third-order valence-electron chi connectivity index (χ3n) is 14.4. The van der Waals surface area contributed by atoms with Gasteiger partial charge in [-0.15, -0.1) is 0 Å². The Morgan fingerprint density at radius 3 is 1.19 bits per heavy atom. The van der Waals surface area contributed by atoms with Crippen molar-refractivity contribution in [3.05, 3.63) is 273 Å². The monoisotopic (exact) mass is 943 g/mol. The van der Waals surface area contributed by atoms with E-state index >= 15 is 0 Å². The van der Waals surface area contributed by atoms with Gasteiger partial charge in [-0.05, 0) is 80.9 Å². The first kappa shape index (κ1) is 42.9. The van der Waals surface area contributed by atoms with Crippen molar-refractivity contribution >= 4 is 43.6 Å². The van der Waals surface area contributed by atoms with Gasteiger partial charge >= 0.3 is 0 Å². The van der Waals surface area contributed by atoms with Gasteiger partial charge in [0.15, 0.2) is 11.6 Å². The van der Waals surface area contributed by atoms with Crippen LogP contribution in [-0.4, -0.2) is 24.1 Å². The third-order valence-corrected chi connectivity index (χ3v) is 14.4. The molecule has 0 spiro atoms. The van der Waals surface area contributed by atoms with E-state index < -0.39 is 0 Å². The van der Waals surface area contributed by atoms with Gasteiger partial charge in [0, 0.05) is 49.5 Å². The van der Waals surface area contributed by atoms with Crippen molar-refractivity contribution in [2.24, 2.45) is 0 Å². The maximum Gasteiger partial charge on any atom is 0.238 e. The van der Waals surface area contributed by atoms with E-state index in [0.717, 1.165) is 99.4 Å². The number of hydrogen-bond donors (Lipinski definition) is 0. The molecule has 5 nitrogen and oxygen atoms in total.